The molecule has 1 saturated heterocycles. The Bertz CT molecular complexity index is 573. The highest BCUT2D eigenvalue weighted by Gasteiger charge is 2.15. The predicted octanol–water partition coefficient (Wildman–Crippen LogP) is 2.29. The summed E-state index contributed by atoms with van der Waals surface area (Å²) in [6.45, 7) is 3.21. The van der Waals surface area contributed by atoms with Crippen molar-refractivity contribution in [3.8, 4) is 0 Å². The molecule has 100 valence electrons. The number of benzene rings is 1. The first-order valence-corrected chi connectivity index (χ1v) is 6.89. The standard InChI is InChI=1S/C15H20N4/c1-18(2)15-12-7-3-4-8-13(12)16-14(17-15)11-19-9-5-6-10-19/h3-4,7-8H,5-6,9-11H2,1-2H3. The summed E-state index contributed by atoms with van der Waals surface area (Å²) in [5.74, 6) is 1.95. The van der Waals surface area contributed by atoms with Crippen molar-refractivity contribution in [2.24, 2.45) is 0 Å². The van der Waals surface area contributed by atoms with Gasteiger partial charge < -0.3 is 4.90 Å². The number of para-hydroxylation sites is 1. The van der Waals surface area contributed by atoms with E-state index >= 15 is 0 Å². The molecule has 0 atom stereocenters. The average Bonchev–Trinajstić information content (AvgIpc) is 2.90. The summed E-state index contributed by atoms with van der Waals surface area (Å²) >= 11 is 0. The van der Waals surface area contributed by atoms with Gasteiger partial charge in [-0.05, 0) is 38.1 Å². The van der Waals surface area contributed by atoms with Gasteiger partial charge in [0.15, 0.2) is 0 Å². The quantitative estimate of drug-likeness (QED) is 0.843. The van der Waals surface area contributed by atoms with Crippen LogP contribution in [0, 0.1) is 0 Å². The third-order valence-corrected chi connectivity index (χ3v) is 3.62. The molecule has 4 heteroatoms. The van der Waals surface area contributed by atoms with Crippen LogP contribution >= 0.6 is 0 Å². The Hall–Kier alpha value is -1.68. The highest BCUT2D eigenvalue weighted by atomic mass is 15.2. The maximum Gasteiger partial charge on any atom is 0.145 e. The van der Waals surface area contributed by atoms with Crippen LogP contribution in [0.4, 0.5) is 5.82 Å². The van der Waals surface area contributed by atoms with Crippen molar-refractivity contribution in [3.63, 3.8) is 0 Å². The molecule has 0 aliphatic carbocycles. The Balaban J connectivity index is 2.00. The summed E-state index contributed by atoms with van der Waals surface area (Å²) in [5, 5.41) is 1.12. The normalized spacial score (nSPS) is 16.1. The van der Waals surface area contributed by atoms with Crippen LogP contribution in [0.1, 0.15) is 18.7 Å². The van der Waals surface area contributed by atoms with Gasteiger partial charge in [0.2, 0.25) is 0 Å². The first-order chi connectivity index (χ1) is 9.24. The van der Waals surface area contributed by atoms with Crippen LogP contribution in [-0.2, 0) is 6.54 Å². The fourth-order valence-electron chi connectivity index (χ4n) is 2.66. The maximum atomic E-state index is 4.74. The molecule has 0 spiro atoms. The van der Waals surface area contributed by atoms with Gasteiger partial charge in [-0.1, -0.05) is 12.1 Å². The highest BCUT2D eigenvalue weighted by molar-refractivity contribution is 5.89. The molecule has 1 aliphatic rings. The lowest BCUT2D eigenvalue weighted by Crippen LogP contribution is -2.21. The number of nitrogens with zero attached hydrogens (tertiary/aromatic N) is 4. The average molecular weight is 256 g/mol. The largest absolute Gasteiger partial charge is 0.362 e. The van der Waals surface area contributed by atoms with E-state index in [-0.39, 0.29) is 0 Å². The lowest BCUT2D eigenvalue weighted by atomic mass is 10.2. The topological polar surface area (TPSA) is 32.3 Å². The summed E-state index contributed by atoms with van der Waals surface area (Å²) in [7, 11) is 4.07. The summed E-state index contributed by atoms with van der Waals surface area (Å²) in [6.07, 6.45) is 2.60. The van der Waals surface area contributed by atoms with Gasteiger partial charge >= 0.3 is 0 Å². The molecule has 0 saturated carbocycles. The minimum atomic E-state index is 0.867. The van der Waals surface area contributed by atoms with Crippen LogP contribution in [0.2, 0.25) is 0 Å². The molecule has 2 heterocycles. The summed E-state index contributed by atoms with van der Waals surface area (Å²) in [4.78, 5) is 13.9. The van der Waals surface area contributed by atoms with E-state index < -0.39 is 0 Å². The number of rotatable bonds is 3. The number of hydrogen-bond donors (Lipinski definition) is 0. The molecule has 1 aliphatic heterocycles. The van der Waals surface area contributed by atoms with Crippen molar-refractivity contribution in [1.29, 1.82) is 0 Å². The van der Waals surface area contributed by atoms with E-state index in [1.807, 2.05) is 26.2 Å². The first-order valence-electron chi connectivity index (χ1n) is 6.89. The number of aromatic nitrogens is 2. The van der Waals surface area contributed by atoms with Gasteiger partial charge in [0.25, 0.3) is 0 Å². The van der Waals surface area contributed by atoms with Crippen molar-refractivity contribution in [2.75, 3.05) is 32.1 Å². The van der Waals surface area contributed by atoms with Gasteiger partial charge in [-0.15, -0.1) is 0 Å². The monoisotopic (exact) mass is 256 g/mol. The molecular weight excluding hydrogens is 236 g/mol. The first kappa shape index (κ1) is 12.4. The number of hydrogen-bond acceptors (Lipinski definition) is 4. The van der Waals surface area contributed by atoms with E-state index in [9.17, 15) is 0 Å². The fourth-order valence-corrected chi connectivity index (χ4v) is 2.66. The van der Waals surface area contributed by atoms with Crippen LogP contribution in [0.3, 0.4) is 0 Å². The second-order valence-electron chi connectivity index (χ2n) is 5.36. The zero-order valence-corrected chi connectivity index (χ0v) is 11.6. The van der Waals surface area contributed by atoms with E-state index in [2.05, 4.69) is 21.9 Å². The van der Waals surface area contributed by atoms with Crippen molar-refractivity contribution in [3.05, 3.63) is 30.1 Å². The summed E-state index contributed by atoms with van der Waals surface area (Å²) in [6, 6.07) is 8.23. The van der Waals surface area contributed by atoms with E-state index in [0.29, 0.717) is 0 Å². The lowest BCUT2D eigenvalue weighted by molar-refractivity contribution is 0.323. The second kappa shape index (κ2) is 5.13. The van der Waals surface area contributed by atoms with E-state index in [1.54, 1.807) is 0 Å². The van der Waals surface area contributed by atoms with Gasteiger partial charge in [0.05, 0.1) is 12.1 Å². The predicted molar refractivity (Wildman–Crippen MR) is 78.4 cm³/mol. The Labute approximate surface area is 114 Å². The highest BCUT2D eigenvalue weighted by Crippen LogP contribution is 2.23. The van der Waals surface area contributed by atoms with Crippen LogP contribution < -0.4 is 4.90 Å². The Morgan fingerprint density at radius 2 is 1.84 bits per heavy atom. The summed E-state index contributed by atoms with van der Waals surface area (Å²) in [5.41, 5.74) is 1.04. The van der Waals surface area contributed by atoms with Crippen LogP contribution in [0.25, 0.3) is 10.9 Å². The Morgan fingerprint density at radius 3 is 2.58 bits per heavy atom. The van der Waals surface area contributed by atoms with Gasteiger partial charge in [-0.2, -0.15) is 0 Å². The number of likely N-dealkylation sites (tertiary alicyclic amines) is 1. The van der Waals surface area contributed by atoms with Crippen molar-refractivity contribution >= 4 is 16.7 Å². The smallest absolute Gasteiger partial charge is 0.145 e. The van der Waals surface area contributed by atoms with Crippen molar-refractivity contribution in [1.82, 2.24) is 14.9 Å². The minimum absolute atomic E-state index is 0.867. The molecule has 19 heavy (non-hydrogen) atoms. The van der Waals surface area contributed by atoms with E-state index in [4.69, 9.17) is 9.97 Å². The molecule has 0 unspecified atom stereocenters. The van der Waals surface area contributed by atoms with Crippen LogP contribution in [0.5, 0.6) is 0 Å². The van der Waals surface area contributed by atoms with E-state index in [0.717, 1.165) is 29.1 Å². The lowest BCUT2D eigenvalue weighted by Gasteiger charge is -2.18. The van der Waals surface area contributed by atoms with Crippen molar-refractivity contribution < 1.29 is 0 Å². The molecule has 0 N–H and O–H groups in total. The van der Waals surface area contributed by atoms with E-state index in [1.165, 1.54) is 25.9 Å². The molecule has 1 aromatic carbocycles. The minimum Gasteiger partial charge on any atom is -0.362 e. The zero-order valence-electron chi connectivity index (χ0n) is 11.6. The molecule has 1 aromatic heterocycles. The molecule has 1 fully saturated rings. The molecule has 0 radical (unpaired) electrons. The second-order valence-corrected chi connectivity index (χ2v) is 5.36. The third-order valence-electron chi connectivity index (χ3n) is 3.62. The fraction of sp³-hybridized carbons (Fsp3) is 0.467. The van der Waals surface area contributed by atoms with Crippen LogP contribution in [0.15, 0.2) is 24.3 Å². The Kier molecular flexibility index (Phi) is 3.34. The van der Waals surface area contributed by atoms with Crippen molar-refractivity contribution in [2.45, 2.75) is 19.4 Å². The zero-order chi connectivity index (χ0) is 13.2. The molecule has 0 amide bonds. The van der Waals surface area contributed by atoms with Gasteiger partial charge in [0, 0.05) is 19.5 Å². The molecule has 2 aromatic rings. The SMILES string of the molecule is CN(C)c1nc(CN2CCCC2)nc2ccccc12. The van der Waals surface area contributed by atoms with Gasteiger partial charge in [0.1, 0.15) is 11.6 Å². The third kappa shape index (κ3) is 2.54. The van der Waals surface area contributed by atoms with Gasteiger partial charge in [-0.3, -0.25) is 4.90 Å². The number of fused-ring (bicyclic) bond motifs is 1. The van der Waals surface area contributed by atoms with Gasteiger partial charge in [-0.25, -0.2) is 9.97 Å². The number of anilines is 1. The summed E-state index contributed by atoms with van der Waals surface area (Å²) < 4.78 is 0. The Morgan fingerprint density at radius 1 is 1.11 bits per heavy atom. The molecular formula is C15H20N4. The molecule has 3 rings (SSSR count). The molecule has 4 nitrogen and oxygen atoms in total. The maximum absolute atomic E-state index is 4.74. The van der Waals surface area contributed by atoms with Crippen LogP contribution in [-0.4, -0.2) is 42.1 Å². The molecule has 0 bridgehead atoms.